The van der Waals surface area contributed by atoms with Crippen LogP contribution in [0.2, 0.25) is 0 Å². The minimum atomic E-state index is -0.897. The maximum absolute atomic E-state index is 11.5. The zero-order valence-corrected chi connectivity index (χ0v) is 9.65. The molecule has 6 nitrogen and oxygen atoms in total. The van der Waals surface area contributed by atoms with E-state index in [1.165, 1.54) is 9.91 Å². The highest BCUT2D eigenvalue weighted by Gasteiger charge is 2.19. The Morgan fingerprint density at radius 3 is 2.27 bits per heavy atom. The first-order valence-electron chi connectivity index (χ1n) is 4.84. The Kier molecular flexibility index (Phi) is 5.69. The lowest BCUT2D eigenvalue weighted by atomic mass is 10.2. The molecule has 0 heterocycles. The molecule has 0 aliphatic carbocycles. The summed E-state index contributed by atoms with van der Waals surface area (Å²) in [6.45, 7) is 4.08. The lowest BCUT2D eigenvalue weighted by Crippen LogP contribution is -2.47. The summed E-state index contributed by atoms with van der Waals surface area (Å²) < 4.78 is 0. The summed E-state index contributed by atoms with van der Waals surface area (Å²) in [5, 5.41) is 10.2. The highest BCUT2D eigenvalue weighted by molar-refractivity contribution is 5.75. The molecule has 0 bridgehead atoms. The van der Waals surface area contributed by atoms with Crippen LogP contribution in [0.3, 0.4) is 0 Å². The third-order valence-electron chi connectivity index (χ3n) is 1.90. The zero-order valence-electron chi connectivity index (χ0n) is 9.65. The third kappa shape index (κ3) is 5.21. The number of carboxylic acid groups (broad SMARTS) is 1. The number of carboxylic acids is 1. The monoisotopic (exact) mass is 217 g/mol. The highest BCUT2D eigenvalue weighted by atomic mass is 16.4. The Hall–Kier alpha value is -1.30. The van der Waals surface area contributed by atoms with Crippen molar-refractivity contribution in [3.8, 4) is 0 Å². The van der Waals surface area contributed by atoms with Crippen LogP contribution in [0.15, 0.2) is 0 Å². The summed E-state index contributed by atoms with van der Waals surface area (Å²) in [4.78, 5) is 23.6. The number of hydrogen-bond donors (Lipinski definition) is 2. The van der Waals surface area contributed by atoms with E-state index >= 15 is 0 Å². The van der Waals surface area contributed by atoms with Crippen LogP contribution >= 0.6 is 0 Å². The van der Waals surface area contributed by atoms with Crippen molar-refractivity contribution in [2.75, 3.05) is 27.2 Å². The molecule has 0 aromatic carbocycles. The highest BCUT2D eigenvalue weighted by Crippen LogP contribution is 2.00. The summed E-state index contributed by atoms with van der Waals surface area (Å²) in [5.74, 6) is -1.45. The van der Waals surface area contributed by atoms with Gasteiger partial charge in [0.05, 0.1) is 5.92 Å². The fraction of sp³-hybridized carbons (Fsp3) is 0.778. The molecule has 88 valence electrons. The van der Waals surface area contributed by atoms with Crippen molar-refractivity contribution < 1.29 is 14.7 Å². The molecule has 0 aromatic heterocycles. The Morgan fingerprint density at radius 1 is 1.40 bits per heavy atom. The number of nitrogens with zero attached hydrogens (tertiary/aromatic N) is 2. The van der Waals surface area contributed by atoms with Crippen LogP contribution in [-0.4, -0.2) is 54.2 Å². The fourth-order valence-electron chi connectivity index (χ4n) is 1.03. The molecule has 0 radical (unpaired) electrons. The Morgan fingerprint density at radius 2 is 1.93 bits per heavy atom. The molecule has 1 unspecified atom stereocenters. The quantitative estimate of drug-likeness (QED) is 0.646. The van der Waals surface area contributed by atoms with Crippen molar-refractivity contribution in [1.29, 1.82) is 0 Å². The molecular formula is C9H19N3O3. The standard InChI is InChI=1S/C9H19N3O3/c1-5-12(6-7(2)8(13)14)9(15)10-11(3)4/h7H,5-6H2,1-4H3,(H,10,15)(H,13,14). The number of carbonyl (C=O) groups is 2. The average Bonchev–Trinajstić information content (AvgIpc) is 2.11. The molecule has 15 heavy (non-hydrogen) atoms. The van der Waals surface area contributed by atoms with Crippen molar-refractivity contribution in [2.24, 2.45) is 5.92 Å². The van der Waals surface area contributed by atoms with Crippen LogP contribution in [0.5, 0.6) is 0 Å². The van der Waals surface area contributed by atoms with Crippen molar-refractivity contribution >= 4 is 12.0 Å². The minimum Gasteiger partial charge on any atom is -0.481 e. The second-order valence-corrected chi connectivity index (χ2v) is 3.59. The molecule has 0 fully saturated rings. The molecule has 0 aliphatic heterocycles. The second kappa shape index (κ2) is 6.23. The van der Waals surface area contributed by atoms with Gasteiger partial charge in [0, 0.05) is 27.2 Å². The van der Waals surface area contributed by atoms with Gasteiger partial charge in [-0.15, -0.1) is 0 Å². The molecule has 2 amide bonds. The van der Waals surface area contributed by atoms with Gasteiger partial charge >= 0.3 is 12.0 Å². The van der Waals surface area contributed by atoms with Gasteiger partial charge in [0.1, 0.15) is 0 Å². The number of nitrogens with one attached hydrogen (secondary N) is 1. The van der Waals surface area contributed by atoms with E-state index in [1.807, 2.05) is 6.92 Å². The zero-order chi connectivity index (χ0) is 12.0. The van der Waals surface area contributed by atoms with E-state index < -0.39 is 11.9 Å². The minimum absolute atomic E-state index is 0.214. The van der Waals surface area contributed by atoms with E-state index in [1.54, 1.807) is 21.0 Å². The van der Waals surface area contributed by atoms with Crippen LogP contribution in [0.25, 0.3) is 0 Å². The summed E-state index contributed by atoms with van der Waals surface area (Å²) in [7, 11) is 3.40. The predicted molar refractivity (Wildman–Crippen MR) is 56.3 cm³/mol. The summed E-state index contributed by atoms with van der Waals surface area (Å²) >= 11 is 0. The number of aliphatic carboxylic acids is 1. The van der Waals surface area contributed by atoms with Crippen LogP contribution in [0.1, 0.15) is 13.8 Å². The third-order valence-corrected chi connectivity index (χ3v) is 1.90. The fourth-order valence-corrected chi connectivity index (χ4v) is 1.03. The summed E-state index contributed by atoms with van der Waals surface area (Å²) in [5.41, 5.74) is 2.57. The molecule has 0 saturated carbocycles. The van der Waals surface area contributed by atoms with Crippen LogP contribution < -0.4 is 5.43 Å². The van der Waals surface area contributed by atoms with Crippen molar-refractivity contribution in [1.82, 2.24) is 15.3 Å². The summed E-state index contributed by atoms with van der Waals surface area (Å²) in [6.07, 6.45) is 0. The van der Waals surface area contributed by atoms with Gasteiger partial charge in [0.2, 0.25) is 0 Å². The van der Waals surface area contributed by atoms with Gasteiger partial charge in [-0.3, -0.25) is 10.2 Å². The van der Waals surface area contributed by atoms with Crippen molar-refractivity contribution in [2.45, 2.75) is 13.8 Å². The van der Waals surface area contributed by atoms with Gasteiger partial charge < -0.3 is 10.0 Å². The van der Waals surface area contributed by atoms with Gasteiger partial charge in [0.15, 0.2) is 0 Å². The van der Waals surface area contributed by atoms with Gasteiger partial charge in [-0.2, -0.15) is 0 Å². The van der Waals surface area contributed by atoms with Gasteiger partial charge in [-0.1, -0.05) is 6.92 Å². The number of urea groups is 1. The normalized spacial score (nSPS) is 12.3. The van der Waals surface area contributed by atoms with E-state index in [0.29, 0.717) is 6.54 Å². The van der Waals surface area contributed by atoms with Crippen molar-refractivity contribution in [3.05, 3.63) is 0 Å². The SMILES string of the molecule is CCN(CC(C)C(=O)O)C(=O)NN(C)C. The maximum atomic E-state index is 11.5. The average molecular weight is 217 g/mol. The molecule has 2 N–H and O–H groups in total. The first-order chi connectivity index (χ1) is 6.88. The molecule has 6 heteroatoms. The Balaban J connectivity index is 4.24. The van der Waals surface area contributed by atoms with Crippen molar-refractivity contribution in [3.63, 3.8) is 0 Å². The number of carbonyl (C=O) groups excluding carboxylic acids is 1. The topological polar surface area (TPSA) is 72.9 Å². The van der Waals surface area contributed by atoms with Crippen LogP contribution in [0.4, 0.5) is 4.79 Å². The van der Waals surface area contributed by atoms with Crippen LogP contribution in [0, 0.1) is 5.92 Å². The molecular weight excluding hydrogens is 198 g/mol. The molecule has 0 spiro atoms. The number of amides is 2. The summed E-state index contributed by atoms with van der Waals surface area (Å²) in [6, 6.07) is -0.282. The first kappa shape index (κ1) is 13.7. The number of hydrazine groups is 1. The number of hydrogen-bond acceptors (Lipinski definition) is 3. The smallest absolute Gasteiger partial charge is 0.331 e. The van der Waals surface area contributed by atoms with E-state index in [9.17, 15) is 9.59 Å². The van der Waals surface area contributed by atoms with Gasteiger partial charge in [-0.25, -0.2) is 9.80 Å². The van der Waals surface area contributed by atoms with E-state index in [2.05, 4.69) is 5.43 Å². The molecule has 1 atom stereocenters. The molecule has 0 aliphatic rings. The molecule has 0 saturated heterocycles. The van der Waals surface area contributed by atoms with Crippen LogP contribution in [-0.2, 0) is 4.79 Å². The molecule has 0 rings (SSSR count). The van der Waals surface area contributed by atoms with E-state index in [4.69, 9.17) is 5.11 Å². The lowest BCUT2D eigenvalue weighted by molar-refractivity contribution is -0.141. The lowest BCUT2D eigenvalue weighted by Gasteiger charge is -2.25. The second-order valence-electron chi connectivity index (χ2n) is 3.59. The Labute approximate surface area is 89.8 Å². The predicted octanol–water partition coefficient (Wildman–Crippen LogP) is 0.215. The van der Waals surface area contributed by atoms with Gasteiger partial charge in [-0.05, 0) is 6.92 Å². The first-order valence-corrected chi connectivity index (χ1v) is 4.84. The largest absolute Gasteiger partial charge is 0.481 e. The van der Waals surface area contributed by atoms with E-state index in [0.717, 1.165) is 0 Å². The molecule has 0 aromatic rings. The van der Waals surface area contributed by atoms with Gasteiger partial charge in [0.25, 0.3) is 0 Å². The van der Waals surface area contributed by atoms with E-state index in [-0.39, 0.29) is 12.6 Å². The maximum Gasteiger partial charge on any atom is 0.331 e. The number of rotatable bonds is 5. The Bertz CT molecular complexity index is 231.